The minimum atomic E-state index is -5.04. The number of nitrogens with one attached hydrogen (secondary N) is 3. The molecule has 0 aliphatic rings. The summed E-state index contributed by atoms with van der Waals surface area (Å²) in [5, 5.41) is 15.9. The number of sulfone groups is 1. The Kier molecular flexibility index (Phi) is 11.2. The molecule has 4 rings (SSSR count). The number of nitrogens with zero attached hydrogens (tertiary/aromatic N) is 5. The number of carbonyl (C=O) groups is 1. The van der Waals surface area contributed by atoms with E-state index in [9.17, 15) is 43.5 Å². The molecule has 0 aliphatic heterocycles. The Morgan fingerprint density at radius 2 is 1.61 bits per heavy atom. The van der Waals surface area contributed by atoms with Gasteiger partial charge in [0.2, 0.25) is 11.9 Å². The van der Waals surface area contributed by atoms with Crippen molar-refractivity contribution in [3.8, 4) is 0 Å². The Labute approximate surface area is 278 Å². The molecule has 4 aromatic rings. The molecule has 0 saturated carbocycles. The second-order valence-electron chi connectivity index (χ2n) is 9.59. The van der Waals surface area contributed by atoms with Crippen LogP contribution in [-0.4, -0.2) is 80.9 Å². The zero-order valence-corrected chi connectivity index (χ0v) is 27.3. The lowest BCUT2D eigenvalue weighted by atomic mass is 10.1. The molecule has 0 bridgehead atoms. The summed E-state index contributed by atoms with van der Waals surface area (Å²) in [6, 6.07) is 8.49. The van der Waals surface area contributed by atoms with Gasteiger partial charge in [-0.2, -0.15) is 36.2 Å². The molecule has 0 spiro atoms. The molecule has 0 aliphatic carbocycles. The van der Waals surface area contributed by atoms with Crippen molar-refractivity contribution in [1.82, 2.24) is 15.0 Å². The van der Waals surface area contributed by atoms with Gasteiger partial charge in [-0.1, -0.05) is 24.8 Å². The van der Waals surface area contributed by atoms with Gasteiger partial charge in [0.25, 0.3) is 20.2 Å². The summed E-state index contributed by atoms with van der Waals surface area (Å²) in [5.74, 6) is -0.717. The van der Waals surface area contributed by atoms with E-state index in [1.165, 1.54) is 24.3 Å². The van der Waals surface area contributed by atoms with E-state index in [0.717, 1.165) is 29.7 Å². The van der Waals surface area contributed by atoms with E-state index in [1.807, 2.05) is 0 Å². The molecule has 0 atom stereocenters. The highest BCUT2D eigenvalue weighted by atomic mass is 32.2. The fraction of sp³-hybridized carbons (Fsp3) is 0.154. The van der Waals surface area contributed by atoms with Gasteiger partial charge in [0.1, 0.15) is 21.2 Å². The molecule has 49 heavy (non-hydrogen) atoms. The average Bonchev–Trinajstić information content (AvgIpc) is 3.00. The van der Waals surface area contributed by atoms with E-state index in [4.69, 9.17) is 10.5 Å². The van der Waals surface area contributed by atoms with Crippen LogP contribution < -0.4 is 21.7 Å². The molecule has 19 nitrogen and oxygen atoms in total. The van der Waals surface area contributed by atoms with Crippen molar-refractivity contribution >= 4 is 81.5 Å². The molecular weight excluding hydrogens is 714 g/mol. The quantitative estimate of drug-likeness (QED) is 0.0579. The number of benzene rings is 3. The number of ether oxygens (including phenoxy) is 1. The molecule has 0 unspecified atom stereocenters. The standard InChI is InChI=1S/C26H26FN9O10S3/c1-2-47(38,39)13-12-46-11-10-29-25-32-23(27)33-26(34-25)30-15-6-8-18(20(14-15)31-24(28)37)35-36-19-9-7-16-17(22(19)49(43,44)45)4-3-5-21(16)48(40,41)42/h2-9,14H,1,10-13H2,(H3,28,31,37)(H,40,41,42)(H,43,44,45)(H2,29,30,32,33,34)/b36-35+. The fourth-order valence-corrected chi connectivity index (χ4v) is 6.17. The largest absolute Gasteiger partial charge is 0.379 e. The lowest BCUT2D eigenvalue weighted by Crippen LogP contribution is -2.19. The number of nitrogens with two attached hydrogens (primary N) is 1. The average molecular weight is 740 g/mol. The third-order valence-corrected chi connectivity index (χ3v) is 9.27. The number of rotatable bonds is 15. The summed E-state index contributed by atoms with van der Waals surface area (Å²) in [7, 11) is -13.2. The van der Waals surface area contributed by atoms with Crippen LogP contribution in [0.1, 0.15) is 0 Å². The lowest BCUT2D eigenvalue weighted by Gasteiger charge is -2.11. The monoisotopic (exact) mass is 739 g/mol. The molecule has 0 radical (unpaired) electrons. The van der Waals surface area contributed by atoms with Crippen LogP contribution in [0.5, 0.6) is 0 Å². The van der Waals surface area contributed by atoms with E-state index in [2.05, 4.69) is 47.7 Å². The number of anilines is 4. The normalized spacial score (nSPS) is 12.2. The van der Waals surface area contributed by atoms with E-state index < -0.39 is 57.7 Å². The number of hydrogen-bond acceptors (Lipinski definition) is 15. The van der Waals surface area contributed by atoms with Crippen molar-refractivity contribution in [2.45, 2.75) is 9.79 Å². The maximum atomic E-state index is 14.1. The van der Waals surface area contributed by atoms with Gasteiger partial charge < -0.3 is 26.4 Å². The number of hydrogen-bond donors (Lipinski definition) is 6. The van der Waals surface area contributed by atoms with E-state index in [1.54, 1.807) is 0 Å². The predicted molar refractivity (Wildman–Crippen MR) is 174 cm³/mol. The molecule has 1 heterocycles. The number of carbonyl (C=O) groups excluding carboxylic acids is 1. The van der Waals surface area contributed by atoms with Gasteiger partial charge in [-0.25, -0.2) is 13.2 Å². The second kappa shape index (κ2) is 14.9. The zero-order valence-electron chi connectivity index (χ0n) is 24.8. The number of aromatic nitrogens is 3. The van der Waals surface area contributed by atoms with E-state index in [0.29, 0.717) is 0 Å². The van der Waals surface area contributed by atoms with Crippen molar-refractivity contribution in [2.24, 2.45) is 16.0 Å². The molecule has 0 saturated heterocycles. The summed E-state index contributed by atoms with van der Waals surface area (Å²) in [4.78, 5) is 21.4. The predicted octanol–water partition coefficient (Wildman–Crippen LogP) is 3.29. The first-order valence-corrected chi connectivity index (χ1v) is 18.0. The molecule has 3 aromatic carbocycles. The number of halogens is 1. The molecule has 23 heteroatoms. The number of primary amides is 1. The first kappa shape index (κ1) is 36.6. The van der Waals surface area contributed by atoms with Gasteiger partial charge in [0, 0.05) is 28.4 Å². The number of fused-ring (bicyclic) bond motifs is 1. The van der Waals surface area contributed by atoms with Gasteiger partial charge in [-0.05, 0) is 30.3 Å². The van der Waals surface area contributed by atoms with E-state index >= 15 is 0 Å². The maximum absolute atomic E-state index is 14.1. The summed E-state index contributed by atoms with van der Waals surface area (Å²) in [5.41, 5.74) is 4.87. The minimum Gasteiger partial charge on any atom is -0.379 e. The van der Waals surface area contributed by atoms with Crippen LogP contribution in [0.4, 0.5) is 43.8 Å². The summed E-state index contributed by atoms with van der Waals surface area (Å²) in [6.07, 6.45) is -1.16. The maximum Gasteiger partial charge on any atom is 0.316 e. The third-order valence-electron chi connectivity index (χ3n) is 6.17. The van der Waals surface area contributed by atoms with Crippen LogP contribution >= 0.6 is 0 Å². The molecular formula is C26H26FN9O10S3. The van der Waals surface area contributed by atoms with Crippen molar-refractivity contribution < 1.29 is 48.3 Å². The Morgan fingerprint density at radius 3 is 2.29 bits per heavy atom. The van der Waals surface area contributed by atoms with Crippen LogP contribution in [0.25, 0.3) is 10.8 Å². The van der Waals surface area contributed by atoms with Gasteiger partial charge >= 0.3 is 12.1 Å². The Morgan fingerprint density at radius 1 is 0.918 bits per heavy atom. The van der Waals surface area contributed by atoms with Crippen LogP contribution in [0, 0.1) is 6.08 Å². The highest BCUT2D eigenvalue weighted by Gasteiger charge is 2.23. The van der Waals surface area contributed by atoms with Gasteiger partial charge in [0.05, 0.1) is 24.7 Å². The molecule has 1 aromatic heterocycles. The van der Waals surface area contributed by atoms with Crippen molar-refractivity contribution in [2.75, 3.05) is 41.5 Å². The molecule has 0 fully saturated rings. The fourth-order valence-electron chi connectivity index (χ4n) is 4.12. The second-order valence-corrected chi connectivity index (χ2v) is 14.4. The first-order valence-electron chi connectivity index (χ1n) is 13.5. The van der Waals surface area contributed by atoms with Crippen LogP contribution in [-0.2, 0) is 34.8 Å². The molecule has 260 valence electrons. The van der Waals surface area contributed by atoms with Gasteiger partial charge in [-0.15, -0.1) is 10.2 Å². The van der Waals surface area contributed by atoms with E-state index in [-0.39, 0.29) is 65.2 Å². The van der Waals surface area contributed by atoms with Gasteiger partial charge in [0.15, 0.2) is 9.84 Å². The minimum absolute atomic E-state index is 0.0391. The van der Waals surface area contributed by atoms with Crippen LogP contribution in [0.2, 0.25) is 0 Å². The number of amides is 2. The van der Waals surface area contributed by atoms with Crippen molar-refractivity contribution in [1.29, 1.82) is 0 Å². The Balaban J connectivity index is 1.58. The van der Waals surface area contributed by atoms with Crippen LogP contribution in [0.15, 0.2) is 80.5 Å². The SMILES string of the molecule is C=CS(=O)(=O)CCOCCNc1nc(F)nc(Nc2ccc(/N=N/c3ccc4c(S(=O)(=O)O)cccc4c3S(=O)(=O)O)c(NC(N)=O)c2)n1. The van der Waals surface area contributed by atoms with Crippen molar-refractivity contribution in [3.63, 3.8) is 0 Å². The number of azo groups is 1. The summed E-state index contributed by atoms with van der Waals surface area (Å²) >= 11 is 0. The number of urea groups is 1. The van der Waals surface area contributed by atoms with Crippen LogP contribution in [0.3, 0.4) is 0 Å². The van der Waals surface area contributed by atoms with Crippen molar-refractivity contribution in [3.05, 3.63) is 66.6 Å². The smallest absolute Gasteiger partial charge is 0.316 e. The van der Waals surface area contributed by atoms with Gasteiger partial charge in [-0.3, -0.25) is 9.11 Å². The molecule has 2 amide bonds. The highest BCUT2D eigenvalue weighted by Crippen LogP contribution is 2.37. The summed E-state index contributed by atoms with van der Waals surface area (Å²) in [6.45, 7) is 3.24. The summed E-state index contributed by atoms with van der Waals surface area (Å²) < 4.78 is 110. The Hall–Kier alpha value is -5.20. The topological polar surface area (TPSA) is 295 Å². The first-order chi connectivity index (χ1) is 23.0. The highest BCUT2D eigenvalue weighted by molar-refractivity contribution is 7.94. The Bertz CT molecular complexity index is 2290. The molecule has 7 N–H and O–H groups in total. The zero-order chi connectivity index (χ0) is 36.0. The third kappa shape index (κ3) is 9.91. The lowest BCUT2D eigenvalue weighted by molar-refractivity contribution is 0.159.